The fourth-order valence-corrected chi connectivity index (χ4v) is 2.94. The Hall–Kier alpha value is -2.93. The third kappa shape index (κ3) is 3.13. The maximum absolute atomic E-state index is 13.4. The van der Waals surface area contributed by atoms with Crippen LogP contribution in [0.15, 0.2) is 35.1 Å². The Morgan fingerprint density at radius 3 is 2.42 bits per heavy atom. The number of H-pyrrole nitrogens is 1. The average Bonchev–Trinajstić information content (AvgIpc) is 2.53. The Morgan fingerprint density at radius 2 is 1.85 bits per heavy atom. The van der Waals surface area contributed by atoms with Crippen molar-refractivity contribution in [1.82, 2.24) is 4.98 Å². The van der Waals surface area contributed by atoms with E-state index in [-0.39, 0.29) is 33.0 Å². The summed E-state index contributed by atoms with van der Waals surface area (Å²) in [4.78, 5) is 27.8. The van der Waals surface area contributed by atoms with Gasteiger partial charge in [-0.25, -0.2) is 8.78 Å². The molecule has 0 radical (unpaired) electrons. The Bertz CT molecular complexity index is 1080. The number of carbonyl (C=O) groups is 1. The van der Waals surface area contributed by atoms with Crippen molar-refractivity contribution in [2.75, 3.05) is 12.4 Å². The van der Waals surface area contributed by atoms with Gasteiger partial charge in [0, 0.05) is 11.8 Å². The molecular weight excluding hydrogens is 366 g/mol. The van der Waals surface area contributed by atoms with Crippen LogP contribution in [0.3, 0.4) is 0 Å². The summed E-state index contributed by atoms with van der Waals surface area (Å²) in [5.74, 6) is -1.83. The number of halogens is 3. The number of aromatic nitrogens is 1. The molecular formula is C18H13ClF2N2O3. The van der Waals surface area contributed by atoms with Crippen LogP contribution in [0.4, 0.5) is 20.3 Å². The summed E-state index contributed by atoms with van der Waals surface area (Å²) in [7, 11) is 1.41. The molecule has 0 aliphatic heterocycles. The van der Waals surface area contributed by atoms with Crippen LogP contribution < -0.4 is 15.5 Å². The van der Waals surface area contributed by atoms with Gasteiger partial charge in [-0.1, -0.05) is 11.6 Å². The molecule has 0 saturated heterocycles. The number of benzene rings is 2. The van der Waals surface area contributed by atoms with Crippen molar-refractivity contribution in [3.05, 3.63) is 62.8 Å². The van der Waals surface area contributed by atoms with E-state index in [0.717, 1.165) is 12.1 Å². The number of ether oxygens (including phenoxy) is 1. The maximum atomic E-state index is 13.4. The van der Waals surface area contributed by atoms with Crippen LogP contribution in [0.5, 0.6) is 5.75 Å². The Labute approximate surface area is 151 Å². The molecule has 0 atom stereocenters. The van der Waals surface area contributed by atoms with Crippen LogP contribution in [-0.2, 0) is 0 Å². The van der Waals surface area contributed by atoms with Crippen molar-refractivity contribution in [2.24, 2.45) is 0 Å². The lowest BCUT2D eigenvalue weighted by Crippen LogP contribution is -2.18. The Morgan fingerprint density at radius 1 is 1.19 bits per heavy atom. The summed E-state index contributed by atoms with van der Waals surface area (Å²) in [6, 6.07) is 5.81. The summed E-state index contributed by atoms with van der Waals surface area (Å²) in [6.45, 7) is 1.21. The summed E-state index contributed by atoms with van der Waals surface area (Å²) < 4.78 is 32.1. The van der Waals surface area contributed by atoms with Crippen LogP contribution in [0.25, 0.3) is 10.9 Å². The van der Waals surface area contributed by atoms with E-state index in [1.807, 2.05) is 0 Å². The Kier molecular flexibility index (Phi) is 4.65. The fourth-order valence-electron chi connectivity index (χ4n) is 2.70. The lowest BCUT2D eigenvalue weighted by atomic mass is 10.1. The number of Topliss-reactive ketones (excluding diaryl/α,β-unsaturated/α-hetero) is 1. The minimum Gasteiger partial charge on any atom is -0.495 e. The fraction of sp³-hybridized carbons (Fsp3) is 0.111. The molecule has 3 rings (SSSR count). The molecule has 0 spiro atoms. The lowest BCUT2D eigenvalue weighted by Gasteiger charge is -2.14. The number of hydrogen-bond acceptors (Lipinski definition) is 4. The van der Waals surface area contributed by atoms with Crippen molar-refractivity contribution < 1.29 is 18.3 Å². The molecule has 0 aliphatic rings. The van der Waals surface area contributed by atoms with Gasteiger partial charge >= 0.3 is 0 Å². The van der Waals surface area contributed by atoms with Crippen LogP contribution >= 0.6 is 11.6 Å². The summed E-state index contributed by atoms with van der Waals surface area (Å²) in [6.07, 6.45) is 0. The van der Waals surface area contributed by atoms with E-state index in [1.54, 1.807) is 6.07 Å². The zero-order valence-electron chi connectivity index (χ0n) is 13.7. The third-order valence-corrected chi connectivity index (χ3v) is 4.09. The van der Waals surface area contributed by atoms with Crippen molar-refractivity contribution in [2.45, 2.75) is 6.92 Å². The first-order valence-electron chi connectivity index (χ1n) is 7.48. The minimum atomic E-state index is -0.805. The molecule has 0 aliphatic carbocycles. The third-order valence-electron chi connectivity index (χ3n) is 3.77. The van der Waals surface area contributed by atoms with Gasteiger partial charge in [0.1, 0.15) is 28.8 Å². The van der Waals surface area contributed by atoms with Gasteiger partial charge < -0.3 is 15.0 Å². The van der Waals surface area contributed by atoms with E-state index in [2.05, 4.69) is 10.3 Å². The molecule has 5 nitrogen and oxygen atoms in total. The summed E-state index contributed by atoms with van der Waals surface area (Å²) >= 11 is 6.12. The van der Waals surface area contributed by atoms with Crippen LogP contribution in [0.2, 0.25) is 5.02 Å². The Balaban J connectivity index is 2.31. The van der Waals surface area contributed by atoms with E-state index in [4.69, 9.17) is 16.3 Å². The van der Waals surface area contributed by atoms with Crippen LogP contribution in [0, 0.1) is 11.6 Å². The molecule has 2 N–H and O–H groups in total. The standard InChI is InChI=1S/C18H13ClF2N2O3/c1-8(24)14-17(25)15-12(19)3-4-13(26-2)16(15)23-18(14)22-11-6-9(20)5-10(21)7-11/h3-7H,1-2H3,(H2,22,23,25). The second kappa shape index (κ2) is 6.76. The SMILES string of the molecule is COc1ccc(Cl)c2c(=O)c(C(C)=O)c(Nc3cc(F)cc(F)c3)[nH]c12. The first kappa shape index (κ1) is 17.9. The lowest BCUT2D eigenvalue weighted by molar-refractivity contribution is 0.101. The van der Waals surface area contributed by atoms with Gasteiger partial charge in [0.15, 0.2) is 5.78 Å². The predicted molar refractivity (Wildman–Crippen MR) is 95.8 cm³/mol. The predicted octanol–water partition coefficient (Wildman–Crippen LogP) is 4.41. The van der Waals surface area contributed by atoms with Gasteiger partial charge in [-0.2, -0.15) is 0 Å². The quantitative estimate of drug-likeness (QED) is 0.659. The van der Waals surface area contributed by atoms with E-state index in [9.17, 15) is 18.4 Å². The van der Waals surface area contributed by atoms with Gasteiger partial charge in [0.25, 0.3) is 0 Å². The second-order valence-electron chi connectivity index (χ2n) is 5.54. The maximum Gasteiger partial charge on any atom is 0.204 e. The van der Waals surface area contributed by atoms with Crippen molar-refractivity contribution in [1.29, 1.82) is 0 Å². The number of hydrogen-bond donors (Lipinski definition) is 2. The molecule has 0 bridgehead atoms. The molecule has 0 fully saturated rings. The van der Waals surface area contributed by atoms with Crippen molar-refractivity contribution in [3.8, 4) is 5.75 Å². The topological polar surface area (TPSA) is 71.2 Å². The second-order valence-corrected chi connectivity index (χ2v) is 5.95. The number of methoxy groups -OCH3 is 1. The first-order valence-corrected chi connectivity index (χ1v) is 7.86. The number of anilines is 2. The normalized spacial score (nSPS) is 10.8. The number of rotatable bonds is 4. The zero-order valence-corrected chi connectivity index (χ0v) is 14.5. The van der Waals surface area contributed by atoms with Crippen molar-refractivity contribution >= 4 is 39.8 Å². The monoisotopic (exact) mass is 378 g/mol. The summed E-state index contributed by atoms with van der Waals surface area (Å²) in [5, 5.41) is 2.92. The van der Waals surface area contributed by atoms with E-state index < -0.39 is 22.8 Å². The number of aromatic amines is 1. The van der Waals surface area contributed by atoms with Crippen molar-refractivity contribution in [3.63, 3.8) is 0 Å². The number of pyridine rings is 1. The number of nitrogens with one attached hydrogen (secondary N) is 2. The molecule has 2 aromatic carbocycles. The number of ketones is 1. The smallest absolute Gasteiger partial charge is 0.204 e. The average molecular weight is 379 g/mol. The zero-order chi connectivity index (χ0) is 19.0. The molecule has 0 amide bonds. The van der Waals surface area contributed by atoms with Gasteiger partial charge in [-0.3, -0.25) is 9.59 Å². The molecule has 1 aromatic heterocycles. The number of fused-ring (bicyclic) bond motifs is 1. The van der Waals surface area contributed by atoms with Crippen LogP contribution in [-0.4, -0.2) is 17.9 Å². The molecule has 0 saturated carbocycles. The summed E-state index contributed by atoms with van der Waals surface area (Å²) in [5.41, 5.74) is -0.540. The number of carbonyl (C=O) groups excluding carboxylic acids is 1. The van der Waals surface area contributed by atoms with Crippen LogP contribution in [0.1, 0.15) is 17.3 Å². The molecule has 26 heavy (non-hydrogen) atoms. The molecule has 8 heteroatoms. The molecule has 0 unspecified atom stereocenters. The van der Waals surface area contributed by atoms with Gasteiger partial charge in [-0.05, 0) is 31.2 Å². The largest absolute Gasteiger partial charge is 0.495 e. The highest BCUT2D eigenvalue weighted by Gasteiger charge is 2.20. The minimum absolute atomic E-state index is 0.0134. The highest BCUT2D eigenvalue weighted by Crippen LogP contribution is 2.31. The van der Waals surface area contributed by atoms with Gasteiger partial charge in [0.2, 0.25) is 5.43 Å². The van der Waals surface area contributed by atoms with E-state index in [1.165, 1.54) is 20.1 Å². The molecule has 1 heterocycles. The van der Waals surface area contributed by atoms with E-state index in [0.29, 0.717) is 11.8 Å². The molecule has 3 aromatic rings. The molecule has 134 valence electrons. The first-order chi connectivity index (χ1) is 12.3. The highest BCUT2D eigenvalue weighted by atomic mass is 35.5. The van der Waals surface area contributed by atoms with E-state index >= 15 is 0 Å². The van der Waals surface area contributed by atoms with Gasteiger partial charge in [-0.15, -0.1) is 0 Å². The van der Waals surface area contributed by atoms with Gasteiger partial charge in [0.05, 0.1) is 23.0 Å². The highest BCUT2D eigenvalue weighted by molar-refractivity contribution is 6.35.